The second-order valence-electron chi connectivity index (χ2n) is 7.88. The number of hydroxylamine groups is 1. The minimum Gasteiger partial charge on any atom is -0.493 e. The van der Waals surface area contributed by atoms with Gasteiger partial charge in [0.2, 0.25) is 5.88 Å². The van der Waals surface area contributed by atoms with Crippen molar-refractivity contribution in [3.8, 4) is 11.6 Å². The van der Waals surface area contributed by atoms with Crippen LogP contribution < -0.4 is 20.3 Å². The third-order valence-corrected chi connectivity index (χ3v) is 5.54. The van der Waals surface area contributed by atoms with Crippen molar-refractivity contribution in [2.45, 2.75) is 6.42 Å². The molecule has 0 aliphatic carbocycles. The lowest BCUT2D eigenvalue weighted by atomic mass is 10.1. The highest BCUT2D eigenvalue weighted by Gasteiger charge is 2.06. The lowest BCUT2D eigenvalue weighted by Gasteiger charge is -2.13. The topological polar surface area (TPSA) is 92.7 Å². The summed E-state index contributed by atoms with van der Waals surface area (Å²) in [4.78, 5) is 15.8. The van der Waals surface area contributed by atoms with Crippen LogP contribution in [0, 0.1) is 0 Å². The Kier molecular flexibility index (Phi) is 7.93. The maximum atomic E-state index is 11.6. The van der Waals surface area contributed by atoms with Crippen molar-refractivity contribution >= 4 is 28.4 Å². The van der Waals surface area contributed by atoms with Gasteiger partial charge in [0, 0.05) is 30.0 Å². The molecule has 7 nitrogen and oxygen atoms in total. The zero-order chi connectivity index (χ0) is 24.5. The molecule has 0 aliphatic rings. The number of rotatable bonds is 10. The number of carbonyl (C=O) groups excluding carboxylic acids is 1. The van der Waals surface area contributed by atoms with Crippen LogP contribution in [0.1, 0.15) is 22.3 Å². The van der Waals surface area contributed by atoms with Crippen LogP contribution >= 0.6 is 0 Å². The molecule has 0 saturated carbocycles. The van der Waals surface area contributed by atoms with E-state index in [0.717, 1.165) is 33.3 Å². The largest absolute Gasteiger partial charge is 0.493 e. The van der Waals surface area contributed by atoms with Crippen molar-refractivity contribution in [2.24, 2.45) is 0 Å². The summed E-state index contributed by atoms with van der Waals surface area (Å²) in [7, 11) is 1.59. The van der Waals surface area contributed by atoms with Crippen molar-refractivity contribution in [2.75, 3.05) is 25.6 Å². The average Bonchev–Trinajstić information content (AvgIpc) is 2.92. The lowest BCUT2D eigenvalue weighted by molar-refractivity contribution is 0.0706. The predicted octanol–water partition coefficient (Wildman–Crippen LogP) is 5.33. The van der Waals surface area contributed by atoms with Gasteiger partial charge in [-0.15, -0.1) is 0 Å². The zero-order valence-corrected chi connectivity index (χ0v) is 19.4. The molecule has 1 heterocycles. The number of methoxy groups -OCH3 is 1. The number of carbonyl (C=O) groups is 1. The number of fused-ring (bicyclic) bond motifs is 1. The van der Waals surface area contributed by atoms with Crippen molar-refractivity contribution in [3.05, 3.63) is 102 Å². The molecular formula is C28H27N3O4. The van der Waals surface area contributed by atoms with Gasteiger partial charge < -0.3 is 14.8 Å². The van der Waals surface area contributed by atoms with E-state index < -0.39 is 5.91 Å². The fourth-order valence-corrected chi connectivity index (χ4v) is 3.68. The van der Waals surface area contributed by atoms with Crippen LogP contribution in [-0.4, -0.2) is 36.4 Å². The number of aromatic nitrogens is 1. The Morgan fingerprint density at radius 2 is 1.80 bits per heavy atom. The number of hydrogen-bond donors (Lipinski definition) is 3. The molecule has 4 aromatic rings. The van der Waals surface area contributed by atoms with Crippen LogP contribution in [0.3, 0.4) is 0 Å². The summed E-state index contributed by atoms with van der Waals surface area (Å²) in [6, 6.07) is 24.9. The molecule has 178 valence electrons. The summed E-state index contributed by atoms with van der Waals surface area (Å²) in [6.07, 6.45) is 4.49. The third kappa shape index (κ3) is 6.37. The first-order valence-electron chi connectivity index (χ1n) is 11.2. The molecule has 0 unspecified atom stereocenters. The van der Waals surface area contributed by atoms with E-state index in [1.807, 2.05) is 42.5 Å². The molecule has 4 rings (SSSR count). The van der Waals surface area contributed by atoms with E-state index >= 15 is 0 Å². The summed E-state index contributed by atoms with van der Waals surface area (Å²) in [6.45, 7) is 1.10. The molecule has 7 heteroatoms. The summed E-state index contributed by atoms with van der Waals surface area (Å²) < 4.78 is 11.3. The van der Waals surface area contributed by atoms with Gasteiger partial charge >= 0.3 is 0 Å². The predicted molar refractivity (Wildman–Crippen MR) is 137 cm³/mol. The SMILES string of the molecule is COc1ccc(NCC(=Cc2ccc(C(=O)NO)cc2)CCOc2cccc3ccccc23)cn1. The second kappa shape index (κ2) is 11.7. The van der Waals surface area contributed by atoms with Gasteiger partial charge in [0.25, 0.3) is 5.91 Å². The van der Waals surface area contributed by atoms with Crippen LogP contribution in [0.5, 0.6) is 11.6 Å². The molecule has 0 atom stereocenters. The Morgan fingerprint density at radius 1 is 1.00 bits per heavy atom. The number of benzene rings is 3. The standard InChI is InChI=1S/C28H27N3O4/c1-34-27-14-13-24(19-30-27)29-18-21(17-20-9-11-23(12-10-20)28(32)31-33)15-16-35-26-8-4-6-22-5-2-3-7-25(22)26/h2-14,17,19,29,33H,15-16,18H2,1H3,(H,31,32). The Labute approximate surface area is 204 Å². The van der Waals surface area contributed by atoms with E-state index in [1.165, 1.54) is 0 Å². The van der Waals surface area contributed by atoms with Crippen molar-refractivity contribution in [1.29, 1.82) is 0 Å². The van der Waals surface area contributed by atoms with Crippen molar-refractivity contribution in [3.63, 3.8) is 0 Å². The maximum absolute atomic E-state index is 11.6. The molecule has 0 aliphatic heterocycles. The highest BCUT2D eigenvalue weighted by Crippen LogP contribution is 2.25. The van der Waals surface area contributed by atoms with E-state index in [2.05, 4.69) is 34.6 Å². The molecule has 0 radical (unpaired) electrons. The normalized spacial score (nSPS) is 11.2. The van der Waals surface area contributed by atoms with Gasteiger partial charge in [-0.2, -0.15) is 0 Å². The maximum Gasteiger partial charge on any atom is 0.274 e. The summed E-state index contributed by atoms with van der Waals surface area (Å²) in [5.74, 6) is 0.869. The molecule has 0 saturated heterocycles. The molecule has 1 amide bonds. The number of hydrogen-bond acceptors (Lipinski definition) is 6. The van der Waals surface area contributed by atoms with Crippen molar-refractivity contribution in [1.82, 2.24) is 10.5 Å². The van der Waals surface area contributed by atoms with Crippen molar-refractivity contribution < 1.29 is 19.5 Å². The minimum atomic E-state index is -0.544. The first-order chi connectivity index (χ1) is 17.2. The summed E-state index contributed by atoms with van der Waals surface area (Å²) in [5, 5.41) is 14.4. The second-order valence-corrected chi connectivity index (χ2v) is 7.88. The smallest absolute Gasteiger partial charge is 0.274 e. The third-order valence-electron chi connectivity index (χ3n) is 5.54. The van der Waals surface area contributed by atoms with E-state index in [0.29, 0.717) is 31.0 Å². The lowest BCUT2D eigenvalue weighted by Crippen LogP contribution is -2.18. The molecular weight excluding hydrogens is 442 g/mol. The van der Waals surface area contributed by atoms with Gasteiger partial charge in [0.1, 0.15) is 5.75 Å². The Balaban J connectivity index is 1.48. The van der Waals surface area contributed by atoms with Gasteiger partial charge in [-0.25, -0.2) is 10.5 Å². The first-order valence-corrected chi connectivity index (χ1v) is 11.2. The fourth-order valence-electron chi connectivity index (χ4n) is 3.68. The zero-order valence-electron chi connectivity index (χ0n) is 19.4. The molecule has 1 aromatic heterocycles. The number of amides is 1. The summed E-state index contributed by atoms with van der Waals surface area (Å²) >= 11 is 0. The quantitative estimate of drug-likeness (QED) is 0.215. The number of anilines is 1. The molecule has 3 aromatic carbocycles. The van der Waals surface area contributed by atoms with Gasteiger partial charge in [0.05, 0.1) is 25.6 Å². The fraction of sp³-hybridized carbons (Fsp3) is 0.143. The Bertz CT molecular complexity index is 1300. The molecule has 0 bridgehead atoms. The van der Waals surface area contributed by atoms with E-state index in [9.17, 15) is 4.79 Å². The highest BCUT2D eigenvalue weighted by molar-refractivity contribution is 5.93. The van der Waals surface area contributed by atoms with Gasteiger partial charge in [-0.3, -0.25) is 10.0 Å². The van der Waals surface area contributed by atoms with Gasteiger partial charge in [-0.1, -0.05) is 54.6 Å². The van der Waals surface area contributed by atoms with Gasteiger partial charge in [0.15, 0.2) is 0 Å². The minimum absolute atomic E-state index is 0.382. The first kappa shape index (κ1) is 23.8. The van der Waals surface area contributed by atoms with Gasteiger partial charge in [-0.05, 0) is 40.8 Å². The molecule has 35 heavy (non-hydrogen) atoms. The monoisotopic (exact) mass is 469 g/mol. The molecule has 0 fully saturated rings. The Hall–Kier alpha value is -4.36. The number of nitrogens with zero attached hydrogens (tertiary/aromatic N) is 1. The number of nitrogens with one attached hydrogen (secondary N) is 2. The van der Waals surface area contributed by atoms with E-state index in [-0.39, 0.29) is 0 Å². The van der Waals surface area contributed by atoms with E-state index in [4.69, 9.17) is 14.7 Å². The highest BCUT2D eigenvalue weighted by atomic mass is 16.5. The van der Waals surface area contributed by atoms with E-state index in [1.54, 1.807) is 37.0 Å². The Morgan fingerprint density at radius 3 is 2.54 bits per heavy atom. The number of pyridine rings is 1. The molecule has 3 N–H and O–H groups in total. The van der Waals surface area contributed by atoms with Crippen LogP contribution in [0.15, 0.2) is 90.6 Å². The summed E-state index contributed by atoms with van der Waals surface area (Å²) in [5.41, 5.74) is 4.96. The number of ether oxygens (including phenoxy) is 2. The average molecular weight is 470 g/mol. The van der Waals surface area contributed by atoms with Crippen LogP contribution in [0.25, 0.3) is 16.8 Å². The molecule has 0 spiro atoms. The van der Waals surface area contributed by atoms with Crippen LogP contribution in [-0.2, 0) is 0 Å². The van der Waals surface area contributed by atoms with Crippen LogP contribution in [0.2, 0.25) is 0 Å². The van der Waals surface area contributed by atoms with Crippen LogP contribution in [0.4, 0.5) is 5.69 Å².